The van der Waals surface area contributed by atoms with Crippen molar-refractivity contribution in [3.63, 3.8) is 0 Å². The molecule has 2 rings (SSSR count). The molecular formula is C15H27N5O. The third-order valence-corrected chi connectivity index (χ3v) is 3.55. The highest BCUT2D eigenvalue weighted by molar-refractivity contribution is 5.38. The van der Waals surface area contributed by atoms with Crippen LogP contribution in [0.15, 0.2) is 0 Å². The van der Waals surface area contributed by atoms with E-state index in [0.717, 1.165) is 32.0 Å². The van der Waals surface area contributed by atoms with Crippen LogP contribution in [-0.2, 0) is 0 Å². The monoisotopic (exact) mass is 293 g/mol. The van der Waals surface area contributed by atoms with Crippen LogP contribution in [0, 0.1) is 0 Å². The third kappa shape index (κ3) is 5.02. The van der Waals surface area contributed by atoms with Gasteiger partial charge in [-0.3, -0.25) is 0 Å². The second-order valence-corrected chi connectivity index (χ2v) is 5.36. The molecule has 1 saturated heterocycles. The summed E-state index contributed by atoms with van der Waals surface area (Å²) in [6.07, 6.45) is 7.37. The van der Waals surface area contributed by atoms with Crippen LogP contribution in [0.4, 0.5) is 11.9 Å². The Labute approximate surface area is 127 Å². The van der Waals surface area contributed by atoms with Gasteiger partial charge < -0.3 is 15.0 Å². The molecule has 1 aliphatic heterocycles. The molecule has 0 atom stereocenters. The first-order chi connectivity index (χ1) is 10.3. The third-order valence-electron chi connectivity index (χ3n) is 3.55. The van der Waals surface area contributed by atoms with E-state index >= 15 is 0 Å². The number of hydrogen-bond donors (Lipinski definition) is 1. The Morgan fingerprint density at radius 1 is 1.00 bits per heavy atom. The first-order valence-corrected chi connectivity index (χ1v) is 8.21. The van der Waals surface area contributed by atoms with Gasteiger partial charge in [0.1, 0.15) is 0 Å². The molecular weight excluding hydrogens is 266 g/mol. The second-order valence-electron chi connectivity index (χ2n) is 5.36. The largest absolute Gasteiger partial charge is 0.464 e. The van der Waals surface area contributed by atoms with E-state index in [0.29, 0.717) is 18.6 Å². The minimum absolute atomic E-state index is 0.420. The first kappa shape index (κ1) is 15.8. The molecule has 0 bridgehead atoms. The maximum absolute atomic E-state index is 5.49. The van der Waals surface area contributed by atoms with Crippen molar-refractivity contribution in [2.75, 3.05) is 36.5 Å². The van der Waals surface area contributed by atoms with Gasteiger partial charge >= 0.3 is 6.01 Å². The fourth-order valence-corrected chi connectivity index (χ4v) is 2.44. The van der Waals surface area contributed by atoms with Gasteiger partial charge in [0.25, 0.3) is 0 Å². The molecule has 0 amide bonds. The quantitative estimate of drug-likeness (QED) is 0.870. The van der Waals surface area contributed by atoms with Gasteiger partial charge in [0.15, 0.2) is 0 Å². The smallest absolute Gasteiger partial charge is 0.323 e. The van der Waals surface area contributed by atoms with E-state index in [9.17, 15) is 0 Å². The predicted octanol–water partition coefficient (Wildman–Crippen LogP) is 2.86. The van der Waals surface area contributed by atoms with Crippen LogP contribution < -0.4 is 15.0 Å². The van der Waals surface area contributed by atoms with Crippen molar-refractivity contribution in [1.29, 1.82) is 0 Å². The van der Waals surface area contributed by atoms with Crippen molar-refractivity contribution in [3.8, 4) is 6.01 Å². The normalized spacial score (nSPS) is 16.2. The zero-order valence-electron chi connectivity index (χ0n) is 13.3. The molecule has 0 aliphatic carbocycles. The van der Waals surface area contributed by atoms with Gasteiger partial charge in [-0.2, -0.15) is 15.0 Å². The van der Waals surface area contributed by atoms with Crippen LogP contribution in [0.25, 0.3) is 0 Å². The van der Waals surface area contributed by atoms with E-state index in [1.807, 2.05) is 6.92 Å². The summed E-state index contributed by atoms with van der Waals surface area (Å²) < 4.78 is 5.49. The number of ether oxygens (including phenoxy) is 1. The molecule has 6 heteroatoms. The first-order valence-electron chi connectivity index (χ1n) is 8.21. The van der Waals surface area contributed by atoms with E-state index in [-0.39, 0.29) is 0 Å². The van der Waals surface area contributed by atoms with Crippen LogP contribution in [0.5, 0.6) is 6.01 Å². The lowest BCUT2D eigenvalue weighted by Gasteiger charge is -2.25. The van der Waals surface area contributed by atoms with Gasteiger partial charge in [-0.05, 0) is 26.2 Å². The molecule has 1 aromatic heterocycles. The van der Waals surface area contributed by atoms with Crippen LogP contribution in [0.2, 0.25) is 0 Å². The average molecular weight is 293 g/mol. The molecule has 0 aromatic carbocycles. The summed E-state index contributed by atoms with van der Waals surface area (Å²) in [5.41, 5.74) is 0. The summed E-state index contributed by atoms with van der Waals surface area (Å²) in [6, 6.07) is 0.420. The summed E-state index contributed by atoms with van der Waals surface area (Å²) >= 11 is 0. The fraction of sp³-hybridized carbons (Fsp3) is 0.800. The van der Waals surface area contributed by atoms with Gasteiger partial charge in [-0.15, -0.1) is 0 Å². The van der Waals surface area contributed by atoms with Gasteiger partial charge in [-0.25, -0.2) is 0 Å². The maximum Gasteiger partial charge on any atom is 0.323 e. The number of anilines is 2. The number of nitrogens with one attached hydrogen (secondary N) is 1. The zero-order valence-corrected chi connectivity index (χ0v) is 13.3. The van der Waals surface area contributed by atoms with Gasteiger partial charge in [0.2, 0.25) is 11.9 Å². The minimum atomic E-state index is 0.420. The van der Waals surface area contributed by atoms with Crippen LogP contribution in [0.1, 0.15) is 52.4 Å². The Balaban J connectivity index is 2.16. The molecule has 1 N–H and O–H groups in total. The van der Waals surface area contributed by atoms with E-state index in [1.54, 1.807) is 0 Å². The van der Waals surface area contributed by atoms with Crippen molar-refractivity contribution in [2.45, 2.75) is 52.4 Å². The summed E-state index contributed by atoms with van der Waals surface area (Å²) in [6.45, 7) is 7.52. The lowest BCUT2D eigenvalue weighted by molar-refractivity contribution is 0.312. The standard InChI is InChI=1S/C15H27N5O/c1-3-10-16-13-17-14(19-15(18-13)21-4-2)20-11-8-6-5-7-9-12-20/h3-12H2,1-2H3,(H,16,17,18,19). The Morgan fingerprint density at radius 2 is 1.71 bits per heavy atom. The fourth-order valence-electron chi connectivity index (χ4n) is 2.44. The highest BCUT2D eigenvalue weighted by atomic mass is 16.5. The Bertz CT molecular complexity index is 419. The highest BCUT2D eigenvalue weighted by Crippen LogP contribution is 2.19. The zero-order chi connectivity index (χ0) is 14.9. The number of rotatable bonds is 6. The SMILES string of the molecule is CCCNc1nc(OCC)nc(N2CCCCCCC2)n1. The molecule has 6 nitrogen and oxygen atoms in total. The lowest BCUT2D eigenvalue weighted by atomic mass is 10.1. The highest BCUT2D eigenvalue weighted by Gasteiger charge is 2.15. The molecule has 0 radical (unpaired) electrons. The summed E-state index contributed by atoms with van der Waals surface area (Å²) in [7, 11) is 0. The Kier molecular flexibility index (Phi) is 6.50. The summed E-state index contributed by atoms with van der Waals surface area (Å²) in [4.78, 5) is 15.6. The molecule has 1 aromatic rings. The van der Waals surface area contributed by atoms with Gasteiger partial charge in [0, 0.05) is 19.6 Å². The van der Waals surface area contributed by atoms with Crippen LogP contribution in [0.3, 0.4) is 0 Å². The molecule has 21 heavy (non-hydrogen) atoms. The Hall–Kier alpha value is -1.59. The van der Waals surface area contributed by atoms with Gasteiger partial charge in [0.05, 0.1) is 6.61 Å². The number of hydrogen-bond acceptors (Lipinski definition) is 6. The molecule has 2 heterocycles. The molecule has 0 unspecified atom stereocenters. The molecule has 0 spiro atoms. The van der Waals surface area contributed by atoms with E-state index in [2.05, 4.69) is 32.1 Å². The van der Waals surface area contributed by atoms with Crippen molar-refractivity contribution in [2.24, 2.45) is 0 Å². The second kappa shape index (κ2) is 8.64. The van der Waals surface area contributed by atoms with Crippen LogP contribution >= 0.6 is 0 Å². The summed E-state index contributed by atoms with van der Waals surface area (Å²) in [5.74, 6) is 1.36. The molecule has 1 fully saturated rings. The minimum Gasteiger partial charge on any atom is -0.464 e. The lowest BCUT2D eigenvalue weighted by Crippen LogP contribution is -2.29. The molecule has 118 valence electrons. The molecule has 1 aliphatic rings. The summed E-state index contributed by atoms with van der Waals surface area (Å²) in [5, 5.41) is 3.23. The van der Waals surface area contributed by atoms with Crippen molar-refractivity contribution < 1.29 is 4.74 Å². The van der Waals surface area contributed by atoms with E-state index in [1.165, 1.54) is 32.1 Å². The van der Waals surface area contributed by atoms with Crippen LogP contribution in [-0.4, -0.2) is 41.2 Å². The van der Waals surface area contributed by atoms with E-state index < -0.39 is 0 Å². The van der Waals surface area contributed by atoms with E-state index in [4.69, 9.17) is 4.74 Å². The van der Waals surface area contributed by atoms with Crippen molar-refractivity contribution in [1.82, 2.24) is 15.0 Å². The predicted molar refractivity (Wildman–Crippen MR) is 85.1 cm³/mol. The number of nitrogens with zero attached hydrogens (tertiary/aromatic N) is 4. The average Bonchev–Trinajstić information content (AvgIpc) is 2.45. The number of aromatic nitrogens is 3. The molecule has 0 saturated carbocycles. The maximum atomic E-state index is 5.49. The van der Waals surface area contributed by atoms with Crippen molar-refractivity contribution >= 4 is 11.9 Å². The Morgan fingerprint density at radius 3 is 2.38 bits per heavy atom. The van der Waals surface area contributed by atoms with Gasteiger partial charge in [-0.1, -0.05) is 26.2 Å². The van der Waals surface area contributed by atoms with Crippen molar-refractivity contribution in [3.05, 3.63) is 0 Å². The topological polar surface area (TPSA) is 63.2 Å².